The standard InChI is InChI=1S/C22H21Cl2N3O5/c1-12-3-4-13(2)18(7-12)25-19(28)11-32-22(31)14-8-20(29)27(10-14)26-21(30)16-6-5-15(23)9-17(16)24/h3-7,9,14H,8,10-11H2,1-2H3,(H,25,28)(H,26,30)/t14-/m1/s1. The fourth-order valence-corrected chi connectivity index (χ4v) is 3.64. The van der Waals surface area contributed by atoms with Crippen LogP contribution in [0.3, 0.4) is 0 Å². The lowest BCUT2D eigenvalue weighted by molar-refractivity contribution is -0.151. The molecule has 2 aromatic rings. The van der Waals surface area contributed by atoms with Crippen molar-refractivity contribution in [3.05, 3.63) is 63.1 Å². The van der Waals surface area contributed by atoms with E-state index in [-0.39, 0.29) is 23.6 Å². The third kappa shape index (κ3) is 5.77. The van der Waals surface area contributed by atoms with Crippen LogP contribution in [0.2, 0.25) is 10.0 Å². The normalized spacial score (nSPS) is 15.4. The van der Waals surface area contributed by atoms with Crippen molar-refractivity contribution in [1.29, 1.82) is 0 Å². The third-order valence-electron chi connectivity index (χ3n) is 4.88. The highest BCUT2D eigenvalue weighted by molar-refractivity contribution is 6.36. The van der Waals surface area contributed by atoms with Crippen molar-refractivity contribution in [2.75, 3.05) is 18.5 Å². The summed E-state index contributed by atoms with van der Waals surface area (Å²) in [5.41, 5.74) is 5.06. The van der Waals surface area contributed by atoms with Crippen LogP contribution in [0, 0.1) is 19.8 Å². The van der Waals surface area contributed by atoms with E-state index in [0.29, 0.717) is 10.7 Å². The number of hydrogen-bond acceptors (Lipinski definition) is 5. The van der Waals surface area contributed by atoms with E-state index < -0.39 is 36.2 Å². The van der Waals surface area contributed by atoms with Gasteiger partial charge in [0.15, 0.2) is 6.61 Å². The van der Waals surface area contributed by atoms with Crippen LogP contribution in [-0.4, -0.2) is 41.9 Å². The molecule has 3 amide bonds. The van der Waals surface area contributed by atoms with Crippen molar-refractivity contribution in [3.63, 3.8) is 0 Å². The number of nitrogens with zero attached hydrogens (tertiary/aromatic N) is 1. The number of ether oxygens (including phenoxy) is 1. The maximum absolute atomic E-state index is 12.4. The van der Waals surface area contributed by atoms with Crippen LogP contribution >= 0.6 is 23.2 Å². The minimum atomic E-state index is -0.808. The van der Waals surface area contributed by atoms with Crippen LogP contribution in [0.4, 0.5) is 5.69 Å². The first-order valence-corrected chi connectivity index (χ1v) is 10.5. The van der Waals surface area contributed by atoms with E-state index >= 15 is 0 Å². The molecule has 1 aliphatic rings. The first kappa shape index (κ1) is 23.6. The van der Waals surface area contributed by atoms with Crippen molar-refractivity contribution in [3.8, 4) is 0 Å². The highest BCUT2D eigenvalue weighted by atomic mass is 35.5. The lowest BCUT2D eigenvalue weighted by atomic mass is 10.1. The number of esters is 1. The number of halogens is 2. The second-order valence-electron chi connectivity index (χ2n) is 7.44. The average molecular weight is 478 g/mol. The SMILES string of the molecule is Cc1ccc(C)c(NC(=O)COC(=O)[C@@H]2CC(=O)N(NC(=O)c3ccc(Cl)cc3Cl)C2)c1. The topological polar surface area (TPSA) is 105 Å². The van der Waals surface area contributed by atoms with E-state index in [0.717, 1.165) is 16.1 Å². The number of carbonyl (C=O) groups is 4. The molecule has 0 unspecified atom stereocenters. The number of anilines is 1. The Morgan fingerprint density at radius 2 is 1.88 bits per heavy atom. The monoisotopic (exact) mass is 477 g/mol. The predicted octanol–water partition coefficient (Wildman–Crippen LogP) is 3.29. The first-order valence-electron chi connectivity index (χ1n) is 9.74. The predicted molar refractivity (Wildman–Crippen MR) is 119 cm³/mol. The number of hydrogen-bond donors (Lipinski definition) is 2. The molecule has 1 atom stereocenters. The summed E-state index contributed by atoms with van der Waals surface area (Å²) in [7, 11) is 0. The Bertz CT molecular complexity index is 1090. The summed E-state index contributed by atoms with van der Waals surface area (Å²) in [6.45, 7) is 3.19. The molecular weight excluding hydrogens is 457 g/mol. The zero-order valence-corrected chi connectivity index (χ0v) is 18.9. The molecule has 0 aromatic heterocycles. The molecule has 0 saturated carbocycles. The number of aryl methyl sites for hydroxylation is 2. The molecule has 8 nitrogen and oxygen atoms in total. The molecule has 0 spiro atoms. The lowest BCUT2D eigenvalue weighted by Crippen LogP contribution is -2.43. The van der Waals surface area contributed by atoms with Crippen molar-refractivity contribution < 1.29 is 23.9 Å². The second-order valence-corrected chi connectivity index (χ2v) is 8.29. The Hall–Kier alpha value is -3.10. The molecule has 3 rings (SSSR count). The molecule has 2 aromatic carbocycles. The van der Waals surface area contributed by atoms with Gasteiger partial charge in [-0.3, -0.25) is 29.6 Å². The van der Waals surface area contributed by atoms with Crippen LogP contribution < -0.4 is 10.7 Å². The molecule has 1 aliphatic heterocycles. The van der Waals surface area contributed by atoms with Crippen molar-refractivity contribution in [2.24, 2.45) is 5.92 Å². The molecule has 2 N–H and O–H groups in total. The summed E-state index contributed by atoms with van der Waals surface area (Å²) in [5, 5.41) is 4.23. The van der Waals surface area contributed by atoms with E-state index in [4.69, 9.17) is 27.9 Å². The Morgan fingerprint density at radius 1 is 1.12 bits per heavy atom. The van der Waals surface area contributed by atoms with Gasteiger partial charge in [-0.2, -0.15) is 0 Å². The Balaban J connectivity index is 1.51. The van der Waals surface area contributed by atoms with E-state index in [1.165, 1.54) is 18.2 Å². The van der Waals surface area contributed by atoms with E-state index in [1.54, 1.807) is 0 Å². The Labute approximate surface area is 194 Å². The zero-order chi connectivity index (χ0) is 23.4. The highest BCUT2D eigenvalue weighted by Gasteiger charge is 2.37. The van der Waals surface area contributed by atoms with Crippen LogP contribution in [-0.2, 0) is 19.1 Å². The molecule has 0 radical (unpaired) electrons. The van der Waals surface area contributed by atoms with Crippen molar-refractivity contribution >= 4 is 52.6 Å². The quantitative estimate of drug-likeness (QED) is 0.621. The van der Waals surface area contributed by atoms with Gasteiger partial charge >= 0.3 is 5.97 Å². The molecule has 1 fully saturated rings. The summed E-state index contributed by atoms with van der Waals surface area (Å²) >= 11 is 11.8. The molecular formula is C22H21Cl2N3O5. The van der Waals surface area contributed by atoms with E-state index in [9.17, 15) is 19.2 Å². The maximum atomic E-state index is 12.4. The fraction of sp³-hybridized carbons (Fsp3) is 0.273. The van der Waals surface area contributed by atoms with E-state index in [2.05, 4.69) is 10.7 Å². The Kier molecular flexibility index (Phi) is 7.37. The van der Waals surface area contributed by atoms with Gasteiger partial charge in [-0.15, -0.1) is 0 Å². The average Bonchev–Trinajstić information content (AvgIpc) is 3.09. The molecule has 32 heavy (non-hydrogen) atoms. The van der Waals surface area contributed by atoms with Gasteiger partial charge in [0, 0.05) is 17.1 Å². The van der Waals surface area contributed by atoms with Gasteiger partial charge in [0.2, 0.25) is 5.91 Å². The Morgan fingerprint density at radius 3 is 2.59 bits per heavy atom. The molecule has 0 aliphatic carbocycles. The number of nitrogens with one attached hydrogen (secondary N) is 2. The van der Waals surface area contributed by atoms with Gasteiger partial charge in [0.1, 0.15) is 0 Å². The van der Waals surface area contributed by atoms with Crippen molar-refractivity contribution in [1.82, 2.24) is 10.4 Å². The number of hydrazine groups is 1. The zero-order valence-electron chi connectivity index (χ0n) is 17.4. The number of benzene rings is 2. The van der Waals surface area contributed by atoms with Gasteiger partial charge < -0.3 is 10.1 Å². The van der Waals surface area contributed by atoms with Gasteiger partial charge in [0.25, 0.3) is 11.8 Å². The third-order valence-corrected chi connectivity index (χ3v) is 5.43. The summed E-state index contributed by atoms with van der Waals surface area (Å²) in [5.74, 6) is -3.06. The molecule has 1 saturated heterocycles. The summed E-state index contributed by atoms with van der Waals surface area (Å²) in [4.78, 5) is 49.1. The van der Waals surface area contributed by atoms with Crippen LogP contribution in [0.25, 0.3) is 0 Å². The number of rotatable bonds is 6. The van der Waals surface area contributed by atoms with Gasteiger partial charge in [0.05, 0.1) is 23.0 Å². The largest absolute Gasteiger partial charge is 0.455 e. The van der Waals surface area contributed by atoms with Crippen LogP contribution in [0.15, 0.2) is 36.4 Å². The number of carbonyl (C=O) groups excluding carboxylic acids is 4. The van der Waals surface area contributed by atoms with Crippen molar-refractivity contribution in [2.45, 2.75) is 20.3 Å². The van der Waals surface area contributed by atoms with Gasteiger partial charge in [-0.05, 0) is 49.2 Å². The summed E-state index contributed by atoms with van der Waals surface area (Å²) in [6, 6.07) is 9.96. The van der Waals surface area contributed by atoms with Gasteiger partial charge in [-0.1, -0.05) is 35.3 Å². The maximum Gasteiger partial charge on any atom is 0.311 e. The molecule has 1 heterocycles. The smallest absolute Gasteiger partial charge is 0.311 e. The minimum Gasteiger partial charge on any atom is -0.455 e. The van der Waals surface area contributed by atoms with Crippen LogP contribution in [0.1, 0.15) is 27.9 Å². The second kappa shape index (κ2) is 10.0. The summed E-state index contributed by atoms with van der Waals surface area (Å²) < 4.78 is 5.07. The lowest BCUT2D eigenvalue weighted by Gasteiger charge is -2.18. The highest BCUT2D eigenvalue weighted by Crippen LogP contribution is 2.22. The minimum absolute atomic E-state index is 0.0762. The molecule has 10 heteroatoms. The van der Waals surface area contributed by atoms with Gasteiger partial charge in [-0.25, -0.2) is 0 Å². The first-order chi connectivity index (χ1) is 15.1. The summed E-state index contributed by atoms with van der Waals surface area (Å²) in [6.07, 6.45) is -0.147. The van der Waals surface area contributed by atoms with Crippen LogP contribution in [0.5, 0.6) is 0 Å². The number of amides is 3. The molecule has 0 bridgehead atoms. The molecule has 168 valence electrons. The fourth-order valence-electron chi connectivity index (χ4n) is 3.14. The van der Waals surface area contributed by atoms with E-state index in [1.807, 2.05) is 32.0 Å².